The van der Waals surface area contributed by atoms with Crippen LogP contribution in [0.2, 0.25) is 0 Å². The van der Waals surface area contributed by atoms with Crippen LogP contribution in [0.1, 0.15) is 39.2 Å². The standard InChI is InChI=1S/C11H19N5O/c1-6(2)7-8(12)14-5-15-9(7)16-11(3,4)10(13)17/h5-6H,1-4H3,(H2,13,17)(H3,12,14,15,16). The number of carbonyl (C=O) groups excluding carboxylic acids is 1. The lowest BCUT2D eigenvalue weighted by Crippen LogP contribution is -2.45. The second-order valence-corrected chi connectivity index (χ2v) is 4.79. The van der Waals surface area contributed by atoms with Gasteiger partial charge in [0.2, 0.25) is 5.91 Å². The van der Waals surface area contributed by atoms with Crippen LogP contribution in [0.15, 0.2) is 6.33 Å². The molecule has 0 atom stereocenters. The zero-order valence-electron chi connectivity index (χ0n) is 10.6. The largest absolute Gasteiger partial charge is 0.383 e. The molecular weight excluding hydrogens is 218 g/mol. The molecule has 5 N–H and O–H groups in total. The van der Waals surface area contributed by atoms with E-state index in [4.69, 9.17) is 11.5 Å². The summed E-state index contributed by atoms with van der Waals surface area (Å²) >= 11 is 0. The molecule has 0 aliphatic carbocycles. The molecule has 0 radical (unpaired) electrons. The molecule has 0 aromatic carbocycles. The van der Waals surface area contributed by atoms with Crippen molar-refractivity contribution >= 4 is 17.5 Å². The van der Waals surface area contributed by atoms with Gasteiger partial charge < -0.3 is 16.8 Å². The highest BCUT2D eigenvalue weighted by Gasteiger charge is 2.27. The highest BCUT2D eigenvalue weighted by Crippen LogP contribution is 2.28. The summed E-state index contributed by atoms with van der Waals surface area (Å²) in [6.07, 6.45) is 1.36. The Morgan fingerprint density at radius 2 is 2.00 bits per heavy atom. The Bertz CT molecular complexity index is 428. The molecule has 1 aromatic heterocycles. The fraction of sp³-hybridized carbons (Fsp3) is 0.545. The van der Waals surface area contributed by atoms with Crippen molar-refractivity contribution in [3.05, 3.63) is 11.9 Å². The molecule has 17 heavy (non-hydrogen) atoms. The second-order valence-electron chi connectivity index (χ2n) is 4.79. The summed E-state index contributed by atoms with van der Waals surface area (Å²) in [5, 5.41) is 3.00. The van der Waals surface area contributed by atoms with Crippen LogP contribution in [0, 0.1) is 0 Å². The summed E-state index contributed by atoms with van der Waals surface area (Å²) < 4.78 is 0. The average Bonchev–Trinajstić information content (AvgIpc) is 2.15. The molecule has 0 saturated heterocycles. The van der Waals surface area contributed by atoms with Crippen molar-refractivity contribution in [1.82, 2.24) is 9.97 Å². The topological polar surface area (TPSA) is 107 Å². The molecule has 94 valence electrons. The Kier molecular flexibility index (Phi) is 3.55. The van der Waals surface area contributed by atoms with Gasteiger partial charge in [-0.15, -0.1) is 0 Å². The van der Waals surface area contributed by atoms with Crippen LogP contribution in [0.4, 0.5) is 11.6 Å². The number of nitrogens with one attached hydrogen (secondary N) is 1. The normalized spacial score (nSPS) is 11.6. The molecule has 1 heterocycles. The van der Waals surface area contributed by atoms with Crippen LogP contribution in [0.25, 0.3) is 0 Å². The van der Waals surface area contributed by atoms with Crippen molar-refractivity contribution in [2.75, 3.05) is 11.1 Å². The van der Waals surface area contributed by atoms with Gasteiger partial charge in [-0.05, 0) is 19.8 Å². The van der Waals surface area contributed by atoms with E-state index in [9.17, 15) is 4.79 Å². The van der Waals surface area contributed by atoms with E-state index < -0.39 is 11.4 Å². The molecule has 0 aliphatic rings. The third-order valence-corrected chi connectivity index (χ3v) is 2.54. The van der Waals surface area contributed by atoms with Crippen LogP contribution in [0.5, 0.6) is 0 Å². The molecule has 1 aromatic rings. The van der Waals surface area contributed by atoms with E-state index in [1.54, 1.807) is 13.8 Å². The summed E-state index contributed by atoms with van der Waals surface area (Å²) in [7, 11) is 0. The molecule has 6 nitrogen and oxygen atoms in total. The molecular formula is C11H19N5O. The maximum absolute atomic E-state index is 11.3. The van der Waals surface area contributed by atoms with E-state index in [-0.39, 0.29) is 5.92 Å². The molecule has 0 spiro atoms. The maximum Gasteiger partial charge on any atom is 0.242 e. The van der Waals surface area contributed by atoms with Gasteiger partial charge in [0.05, 0.1) is 0 Å². The van der Waals surface area contributed by atoms with Crippen molar-refractivity contribution in [1.29, 1.82) is 0 Å². The van der Waals surface area contributed by atoms with E-state index in [0.29, 0.717) is 11.6 Å². The number of rotatable bonds is 4. The second kappa shape index (κ2) is 4.57. The lowest BCUT2D eigenvalue weighted by Gasteiger charge is -2.25. The predicted octanol–water partition coefficient (Wildman–Crippen LogP) is 0.858. The Labute approximate surface area is 101 Å². The SMILES string of the molecule is CC(C)c1c(N)ncnc1NC(C)(C)C(N)=O. The first-order valence-corrected chi connectivity index (χ1v) is 5.44. The van der Waals surface area contributed by atoms with Gasteiger partial charge in [0.25, 0.3) is 0 Å². The number of nitrogen functional groups attached to an aromatic ring is 1. The first-order valence-electron chi connectivity index (χ1n) is 5.44. The number of carbonyl (C=O) groups is 1. The monoisotopic (exact) mass is 237 g/mol. The maximum atomic E-state index is 11.3. The number of nitrogens with zero attached hydrogens (tertiary/aromatic N) is 2. The number of primary amides is 1. The van der Waals surface area contributed by atoms with Crippen molar-refractivity contribution in [2.24, 2.45) is 5.73 Å². The van der Waals surface area contributed by atoms with E-state index >= 15 is 0 Å². The van der Waals surface area contributed by atoms with Crippen molar-refractivity contribution in [2.45, 2.75) is 39.2 Å². The molecule has 0 saturated carbocycles. The molecule has 1 amide bonds. The van der Waals surface area contributed by atoms with Crippen LogP contribution in [0.3, 0.4) is 0 Å². The summed E-state index contributed by atoms with van der Waals surface area (Å²) in [5.41, 5.74) is 11.0. The first-order chi connectivity index (χ1) is 7.75. The number of hydrogen-bond acceptors (Lipinski definition) is 5. The van der Waals surface area contributed by atoms with Gasteiger partial charge in [0.15, 0.2) is 0 Å². The highest BCUT2D eigenvalue weighted by atomic mass is 16.1. The molecule has 0 unspecified atom stereocenters. The summed E-state index contributed by atoms with van der Waals surface area (Å²) in [6.45, 7) is 7.35. The minimum atomic E-state index is -0.884. The number of anilines is 2. The Hall–Kier alpha value is -1.85. The van der Waals surface area contributed by atoms with Crippen molar-refractivity contribution in [3.8, 4) is 0 Å². The van der Waals surface area contributed by atoms with E-state index in [2.05, 4.69) is 15.3 Å². The van der Waals surface area contributed by atoms with Crippen LogP contribution < -0.4 is 16.8 Å². The quantitative estimate of drug-likeness (QED) is 0.720. The number of amides is 1. The minimum Gasteiger partial charge on any atom is -0.383 e. The molecule has 6 heteroatoms. The third-order valence-electron chi connectivity index (χ3n) is 2.54. The van der Waals surface area contributed by atoms with Crippen molar-refractivity contribution in [3.63, 3.8) is 0 Å². The van der Waals surface area contributed by atoms with Crippen LogP contribution in [-0.2, 0) is 4.79 Å². The minimum absolute atomic E-state index is 0.155. The van der Waals surface area contributed by atoms with Gasteiger partial charge in [-0.1, -0.05) is 13.8 Å². The molecule has 0 bridgehead atoms. The Balaban J connectivity index is 3.15. The average molecular weight is 237 g/mol. The number of hydrogen-bond donors (Lipinski definition) is 3. The zero-order chi connectivity index (χ0) is 13.2. The Morgan fingerprint density at radius 3 is 2.47 bits per heavy atom. The summed E-state index contributed by atoms with van der Waals surface area (Å²) in [6, 6.07) is 0. The molecule has 1 rings (SSSR count). The van der Waals surface area contributed by atoms with Crippen LogP contribution in [-0.4, -0.2) is 21.4 Å². The van der Waals surface area contributed by atoms with Crippen LogP contribution >= 0.6 is 0 Å². The third kappa shape index (κ3) is 2.83. The van der Waals surface area contributed by atoms with Crippen molar-refractivity contribution < 1.29 is 4.79 Å². The van der Waals surface area contributed by atoms with Gasteiger partial charge in [0.1, 0.15) is 23.5 Å². The molecule has 0 fully saturated rings. The van der Waals surface area contributed by atoms with E-state index in [0.717, 1.165) is 5.56 Å². The van der Waals surface area contributed by atoms with Gasteiger partial charge in [-0.3, -0.25) is 4.79 Å². The predicted molar refractivity (Wildman–Crippen MR) is 67.4 cm³/mol. The Morgan fingerprint density at radius 1 is 1.41 bits per heavy atom. The number of aromatic nitrogens is 2. The lowest BCUT2D eigenvalue weighted by atomic mass is 10.0. The zero-order valence-corrected chi connectivity index (χ0v) is 10.6. The lowest BCUT2D eigenvalue weighted by molar-refractivity contribution is -0.121. The molecule has 0 aliphatic heterocycles. The highest BCUT2D eigenvalue weighted by molar-refractivity contribution is 5.87. The van der Waals surface area contributed by atoms with E-state index in [1.807, 2.05) is 13.8 Å². The first kappa shape index (κ1) is 13.2. The smallest absolute Gasteiger partial charge is 0.242 e. The summed E-state index contributed by atoms with van der Waals surface area (Å²) in [5.74, 6) is 0.667. The fourth-order valence-corrected chi connectivity index (χ4v) is 1.44. The number of nitrogens with two attached hydrogens (primary N) is 2. The van der Waals surface area contributed by atoms with Gasteiger partial charge >= 0.3 is 0 Å². The van der Waals surface area contributed by atoms with E-state index in [1.165, 1.54) is 6.33 Å². The summed E-state index contributed by atoms with van der Waals surface area (Å²) in [4.78, 5) is 19.3. The van der Waals surface area contributed by atoms with Gasteiger partial charge in [0, 0.05) is 5.56 Å². The fourth-order valence-electron chi connectivity index (χ4n) is 1.44. The van der Waals surface area contributed by atoms with Gasteiger partial charge in [-0.25, -0.2) is 9.97 Å². The van der Waals surface area contributed by atoms with Gasteiger partial charge in [-0.2, -0.15) is 0 Å².